The largest absolute Gasteiger partial charge is 0.367 e. The molecule has 4 heteroatoms. The van der Waals surface area contributed by atoms with E-state index < -0.39 is 6.04 Å². The monoisotopic (exact) mass is 193 g/mol. The van der Waals surface area contributed by atoms with Crippen molar-refractivity contribution < 1.29 is 4.79 Å². The third-order valence-corrected chi connectivity index (χ3v) is 2.66. The highest BCUT2D eigenvalue weighted by atomic mass is 16.2. The van der Waals surface area contributed by atoms with Gasteiger partial charge in [0, 0.05) is 25.5 Å². The maximum Gasteiger partial charge on any atom is 0.244 e. The van der Waals surface area contributed by atoms with Gasteiger partial charge in [-0.3, -0.25) is 4.79 Å². The number of likely N-dealkylation sites (tertiary alicyclic amines) is 1. The summed E-state index contributed by atoms with van der Waals surface area (Å²) < 4.78 is 0. The predicted octanol–water partition coefficient (Wildman–Crippen LogP) is 0.637. The van der Waals surface area contributed by atoms with Gasteiger partial charge in [0.25, 0.3) is 0 Å². The molecule has 76 valence electrons. The van der Waals surface area contributed by atoms with Gasteiger partial charge < -0.3 is 15.6 Å². The second-order valence-electron chi connectivity index (χ2n) is 3.65. The van der Waals surface area contributed by atoms with Crippen molar-refractivity contribution in [3.8, 4) is 0 Å². The number of nitrogens with two attached hydrogens (primary N) is 1. The zero-order valence-corrected chi connectivity index (χ0v) is 8.07. The Labute approximate surface area is 83.1 Å². The quantitative estimate of drug-likeness (QED) is 0.724. The van der Waals surface area contributed by atoms with Gasteiger partial charge in [-0.15, -0.1) is 0 Å². The fourth-order valence-electron chi connectivity index (χ4n) is 1.81. The summed E-state index contributed by atoms with van der Waals surface area (Å²) in [5, 5.41) is 0. The Hall–Kier alpha value is -1.29. The summed E-state index contributed by atoms with van der Waals surface area (Å²) in [6.45, 7) is 1.72. The molecule has 1 amide bonds. The van der Waals surface area contributed by atoms with Crippen LogP contribution < -0.4 is 5.73 Å². The minimum atomic E-state index is -0.501. The predicted molar refractivity (Wildman–Crippen MR) is 53.5 cm³/mol. The highest BCUT2D eigenvalue weighted by Crippen LogP contribution is 2.16. The number of nitrogens with one attached hydrogen (secondary N) is 1. The van der Waals surface area contributed by atoms with Crippen LogP contribution in [0.25, 0.3) is 0 Å². The second kappa shape index (κ2) is 3.84. The third kappa shape index (κ3) is 1.65. The number of nitrogens with zero attached hydrogens (tertiary/aromatic N) is 1. The van der Waals surface area contributed by atoms with Gasteiger partial charge in [0.2, 0.25) is 5.91 Å². The van der Waals surface area contributed by atoms with Crippen LogP contribution in [0.3, 0.4) is 0 Å². The molecule has 1 fully saturated rings. The van der Waals surface area contributed by atoms with Crippen molar-refractivity contribution in [1.29, 1.82) is 0 Å². The van der Waals surface area contributed by atoms with E-state index in [1.54, 1.807) is 12.4 Å². The molecule has 1 aromatic heterocycles. The molecule has 1 unspecified atom stereocenters. The van der Waals surface area contributed by atoms with Crippen LogP contribution in [0.5, 0.6) is 0 Å². The molecule has 1 atom stereocenters. The van der Waals surface area contributed by atoms with Crippen LogP contribution in [-0.2, 0) is 4.79 Å². The molecule has 4 nitrogen and oxygen atoms in total. The lowest BCUT2D eigenvalue weighted by Gasteiger charge is -2.19. The lowest BCUT2D eigenvalue weighted by atomic mass is 10.1. The van der Waals surface area contributed by atoms with E-state index in [0.717, 1.165) is 31.5 Å². The smallest absolute Gasteiger partial charge is 0.244 e. The zero-order chi connectivity index (χ0) is 9.97. The number of carbonyl (C=O) groups excluding carboxylic acids is 1. The van der Waals surface area contributed by atoms with Gasteiger partial charge in [0.05, 0.1) is 0 Å². The molecule has 3 N–H and O–H groups in total. The van der Waals surface area contributed by atoms with Gasteiger partial charge in [-0.2, -0.15) is 0 Å². The first-order valence-corrected chi connectivity index (χ1v) is 4.96. The summed E-state index contributed by atoms with van der Waals surface area (Å²) in [6, 6.07) is 1.35. The Kier molecular flexibility index (Phi) is 2.54. The van der Waals surface area contributed by atoms with Crippen molar-refractivity contribution in [2.24, 2.45) is 5.73 Å². The Bertz CT molecular complexity index is 301. The molecule has 1 aromatic rings. The molecule has 0 bridgehead atoms. The normalized spacial score (nSPS) is 18.5. The number of amides is 1. The van der Waals surface area contributed by atoms with Crippen LogP contribution in [0.1, 0.15) is 24.4 Å². The highest BCUT2D eigenvalue weighted by Gasteiger charge is 2.24. The van der Waals surface area contributed by atoms with E-state index in [4.69, 9.17) is 5.73 Å². The molecule has 1 aliphatic rings. The van der Waals surface area contributed by atoms with Crippen molar-refractivity contribution in [2.45, 2.75) is 18.9 Å². The first kappa shape index (κ1) is 9.27. The Morgan fingerprint density at radius 3 is 2.79 bits per heavy atom. The van der Waals surface area contributed by atoms with Gasteiger partial charge in [0.15, 0.2) is 0 Å². The molecular weight excluding hydrogens is 178 g/mol. The maximum absolute atomic E-state index is 11.8. The molecule has 0 radical (unpaired) electrons. The van der Waals surface area contributed by atoms with E-state index in [2.05, 4.69) is 4.98 Å². The number of carbonyl (C=O) groups is 1. The van der Waals surface area contributed by atoms with Gasteiger partial charge in [-0.25, -0.2) is 0 Å². The number of hydrogen-bond donors (Lipinski definition) is 2. The Morgan fingerprint density at radius 2 is 2.21 bits per heavy atom. The summed E-state index contributed by atoms with van der Waals surface area (Å²) in [6.07, 6.45) is 5.77. The van der Waals surface area contributed by atoms with Crippen LogP contribution in [0.2, 0.25) is 0 Å². The molecule has 0 aliphatic carbocycles. The molecule has 1 saturated heterocycles. The minimum absolute atomic E-state index is 0.0436. The number of hydrogen-bond acceptors (Lipinski definition) is 2. The molecule has 0 saturated carbocycles. The fourth-order valence-corrected chi connectivity index (χ4v) is 1.81. The molecule has 2 heterocycles. The van der Waals surface area contributed by atoms with Crippen LogP contribution in [0.4, 0.5) is 0 Å². The third-order valence-electron chi connectivity index (χ3n) is 2.66. The van der Waals surface area contributed by atoms with E-state index >= 15 is 0 Å². The second-order valence-corrected chi connectivity index (χ2v) is 3.65. The average molecular weight is 193 g/mol. The van der Waals surface area contributed by atoms with Gasteiger partial charge in [-0.05, 0) is 24.5 Å². The zero-order valence-electron chi connectivity index (χ0n) is 8.07. The molecule has 14 heavy (non-hydrogen) atoms. The molecular formula is C10H15N3O. The topological polar surface area (TPSA) is 62.1 Å². The summed E-state index contributed by atoms with van der Waals surface area (Å²) in [7, 11) is 0. The van der Waals surface area contributed by atoms with Crippen molar-refractivity contribution in [3.05, 3.63) is 24.0 Å². The van der Waals surface area contributed by atoms with E-state index in [0.29, 0.717) is 0 Å². The summed E-state index contributed by atoms with van der Waals surface area (Å²) in [4.78, 5) is 16.6. The molecule has 0 spiro atoms. The van der Waals surface area contributed by atoms with Crippen LogP contribution in [0, 0.1) is 0 Å². The van der Waals surface area contributed by atoms with E-state index in [-0.39, 0.29) is 5.91 Å². The SMILES string of the molecule is NC(C(=O)N1CCCC1)c1cc[nH]c1. The molecule has 0 aromatic carbocycles. The minimum Gasteiger partial charge on any atom is -0.367 e. The first-order valence-electron chi connectivity index (χ1n) is 4.96. The fraction of sp³-hybridized carbons (Fsp3) is 0.500. The average Bonchev–Trinajstić information content (AvgIpc) is 2.87. The van der Waals surface area contributed by atoms with Crippen molar-refractivity contribution in [3.63, 3.8) is 0 Å². The Balaban J connectivity index is 2.04. The van der Waals surface area contributed by atoms with Crippen molar-refractivity contribution in [1.82, 2.24) is 9.88 Å². The van der Waals surface area contributed by atoms with E-state index in [1.807, 2.05) is 11.0 Å². The Morgan fingerprint density at radius 1 is 1.50 bits per heavy atom. The van der Waals surface area contributed by atoms with E-state index in [9.17, 15) is 4.79 Å². The molecule has 2 rings (SSSR count). The summed E-state index contributed by atoms with van der Waals surface area (Å²) >= 11 is 0. The first-order chi connectivity index (χ1) is 6.79. The lowest BCUT2D eigenvalue weighted by molar-refractivity contribution is -0.131. The van der Waals surface area contributed by atoms with Crippen LogP contribution in [-0.4, -0.2) is 28.9 Å². The van der Waals surface area contributed by atoms with Crippen LogP contribution >= 0.6 is 0 Å². The number of aromatic nitrogens is 1. The van der Waals surface area contributed by atoms with Crippen molar-refractivity contribution in [2.75, 3.05) is 13.1 Å². The number of H-pyrrole nitrogens is 1. The lowest BCUT2D eigenvalue weighted by Crippen LogP contribution is -2.36. The number of aromatic amines is 1. The maximum atomic E-state index is 11.8. The van der Waals surface area contributed by atoms with Gasteiger partial charge in [-0.1, -0.05) is 0 Å². The van der Waals surface area contributed by atoms with Crippen LogP contribution in [0.15, 0.2) is 18.5 Å². The summed E-state index contributed by atoms with van der Waals surface area (Å²) in [5.74, 6) is 0.0436. The molecule has 1 aliphatic heterocycles. The van der Waals surface area contributed by atoms with Gasteiger partial charge in [0.1, 0.15) is 6.04 Å². The number of rotatable bonds is 2. The van der Waals surface area contributed by atoms with E-state index in [1.165, 1.54) is 0 Å². The summed E-state index contributed by atoms with van der Waals surface area (Å²) in [5.41, 5.74) is 6.71. The highest BCUT2D eigenvalue weighted by molar-refractivity contribution is 5.83. The standard InChI is InChI=1S/C10H15N3O/c11-9(8-3-4-12-7-8)10(14)13-5-1-2-6-13/h3-4,7,9,12H,1-2,5-6,11H2. The van der Waals surface area contributed by atoms with Crippen molar-refractivity contribution >= 4 is 5.91 Å². The van der Waals surface area contributed by atoms with Gasteiger partial charge >= 0.3 is 0 Å².